The van der Waals surface area contributed by atoms with Gasteiger partial charge in [0.1, 0.15) is 12.4 Å². The summed E-state index contributed by atoms with van der Waals surface area (Å²) in [5.74, 6) is 1.75. The van der Waals surface area contributed by atoms with E-state index in [9.17, 15) is 10.1 Å². The van der Waals surface area contributed by atoms with Gasteiger partial charge in [0.05, 0.1) is 41.4 Å². The fourth-order valence-electron chi connectivity index (χ4n) is 5.10. The zero-order valence-corrected chi connectivity index (χ0v) is 23.1. The number of nitrogens with zero attached hydrogens (tertiary/aromatic N) is 1. The van der Waals surface area contributed by atoms with E-state index in [1.807, 2.05) is 18.2 Å². The van der Waals surface area contributed by atoms with Crippen molar-refractivity contribution >= 4 is 50.5 Å². The minimum atomic E-state index is -0.388. The SMILES string of the molecule is COc1cc([N+](=O)[O-])cc2c1N[C@H](c1cc(Br)c(OCc3ccc(Cl)cc3Cl)c(OC)c1)[C@H]1CC=C[C@@H]21. The fraction of sp³-hybridized carbons (Fsp3) is 0.259. The van der Waals surface area contributed by atoms with Crippen LogP contribution in [0.15, 0.2) is 59.1 Å². The highest BCUT2D eigenvalue weighted by atomic mass is 79.9. The van der Waals surface area contributed by atoms with E-state index in [2.05, 4.69) is 33.4 Å². The van der Waals surface area contributed by atoms with Crippen molar-refractivity contribution in [3.63, 3.8) is 0 Å². The summed E-state index contributed by atoms with van der Waals surface area (Å²) >= 11 is 16.0. The molecule has 1 aliphatic heterocycles. The first-order chi connectivity index (χ1) is 17.8. The van der Waals surface area contributed by atoms with E-state index in [1.54, 1.807) is 25.3 Å². The summed E-state index contributed by atoms with van der Waals surface area (Å²) < 4.78 is 18.1. The number of anilines is 1. The summed E-state index contributed by atoms with van der Waals surface area (Å²) in [5.41, 5.74) is 3.44. The van der Waals surface area contributed by atoms with Gasteiger partial charge in [0, 0.05) is 27.6 Å². The summed E-state index contributed by atoms with van der Waals surface area (Å²) in [6.45, 7) is 0.240. The number of rotatable bonds is 7. The van der Waals surface area contributed by atoms with Gasteiger partial charge in [-0.3, -0.25) is 10.1 Å². The largest absolute Gasteiger partial charge is 0.494 e. The molecule has 3 aromatic rings. The van der Waals surface area contributed by atoms with Crippen LogP contribution in [0.5, 0.6) is 17.2 Å². The first kappa shape index (κ1) is 25.7. The van der Waals surface area contributed by atoms with Crippen LogP contribution in [0.25, 0.3) is 0 Å². The van der Waals surface area contributed by atoms with Crippen LogP contribution < -0.4 is 19.5 Å². The third-order valence-corrected chi connectivity index (χ3v) is 8.02. The number of methoxy groups -OCH3 is 2. The van der Waals surface area contributed by atoms with Crippen molar-refractivity contribution in [3.8, 4) is 17.2 Å². The second kappa shape index (κ2) is 10.4. The van der Waals surface area contributed by atoms with Gasteiger partial charge < -0.3 is 19.5 Å². The third-order valence-electron chi connectivity index (χ3n) is 6.85. The first-order valence-corrected chi connectivity index (χ1v) is 13.1. The number of nitrogens with one attached hydrogen (secondary N) is 1. The molecule has 0 radical (unpaired) electrons. The average Bonchev–Trinajstić information content (AvgIpc) is 3.37. The smallest absolute Gasteiger partial charge is 0.273 e. The minimum Gasteiger partial charge on any atom is -0.494 e. The Morgan fingerprint density at radius 2 is 1.89 bits per heavy atom. The number of nitro benzene ring substituents is 1. The summed E-state index contributed by atoms with van der Waals surface area (Å²) in [6, 6.07) is 12.3. The van der Waals surface area contributed by atoms with Crippen LogP contribution in [0, 0.1) is 16.0 Å². The van der Waals surface area contributed by atoms with Crippen LogP contribution in [0.4, 0.5) is 11.4 Å². The summed E-state index contributed by atoms with van der Waals surface area (Å²) in [5, 5.41) is 16.2. The van der Waals surface area contributed by atoms with Crippen molar-refractivity contribution in [3.05, 3.63) is 95.9 Å². The van der Waals surface area contributed by atoms with Crippen LogP contribution in [-0.4, -0.2) is 19.1 Å². The second-order valence-electron chi connectivity index (χ2n) is 8.90. The van der Waals surface area contributed by atoms with Gasteiger partial charge in [0.25, 0.3) is 5.69 Å². The van der Waals surface area contributed by atoms with E-state index in [-0.39, 0.29) is 35.1 Å². The summed E-state index contributed by atoms with van der Waals surface area (Å²) in [7, 11) is 3.12. The molecule has 10 heteroatoms. The van der Waals surface area contributed by atoms with Gasteiger partial charge in [0.2, 0.25) is 0 Å². The Morgan fingerprint density at radius 3 is 2.59 bits per heavy atom. The van der Waals surface area contributed by atoms with Gasteiger partial charge in [-0.15, -0.1) is 0 Å². The highest BCUT2D eigenvalue weighted by Crippen LogP contribution is 2.54. The molecule has 192 valence electrons. The lowest BCUT2D eigenvalue weighted by atomic mass is 9.76. The Bertz CT molecular complexity index is 1410. The Hall–Kier alpha value is -2.94. The summed E-state index contributed by atoms with van der Waals surface area (Å²) in [4.78, 5) is 11.1. The number of nitro groups is 1. The van der Waals surface area contributed by atoms with Gasteiger partial charge >= 0.3 is 0 Å². The zero-order valence-electron chi connectivity index (χ0n) is 20.0. The van der Waals surface area contributed by atoms with E-state index in [1.165, 1.54) is 13.2 Å². The molecule has 2 aliphatic rings. The predicted octanol–water partition coefficient (Wildman–Crippen LogP) is 8.09. The molecule has 0 amide bonds. The van der Waals surface area contributed by atoms with E-state index in [0.29, 0.717) is 27.3 Å². The molecule has 0 saturated carbocycles. The number of fused-ring (bicyclic) bond motifs is 3. The Labute approximate surface area is 232 Å². The van der Waals surface area contributed by atoms with Crippen molar-refractivity contribution in [2.24, 2.45) is 5.92 Å². The maximum atomic E-state index is 11.5. The maximum absolute atomic E-state index is 11.5. The lowest BCUT2D eigenvalue weighted by Crippen LogP contribution is -2.29. The molecule has 0 fully saturated rings. The molecule has 0 unspecified atom stereocenters. The fourth-order valence-corrected chi connectivity index (χ4v) is 6.13. The Balaban J connectivity index is 1.49. The molecular formula is C27H23BrCl2N2O5. The number of halogens is 3. The predicted molar refractivity (Wildman–Crippen MR) is 147 cm³/mol. The standard InChI is InChI=1S/C27H23BrCl2N2O5/c1-35-23-12-17(32(33)34)11-20-18-4-3-5-19(18)25(31-26(20)23)15-8-21(28)27(24(9-15)36-2)37-13-14-6-7-16(29)10-22(14)30/h3-4,6-12,18-19,25,31H,5,13H2,1-2H3/t18-,19+,25-/m1/s1. The highest BCUT2D eigenvalue weighted by molar-refractivity contribution is 9.10. The molecule has 3 atom stereocenters. The average molecular weight is 606 g/mol. The van der Waals surface area contributed by atoms with Gasteiger partial charge in [-0.1, -0.05) is 41.4 Å². The van der Waals surface area contributed by atoms with Crippen LogP contribution in [0.3, 0.4) is 0 Å². The number of non-ortho nitro benzene ring substituents is 1. The lowest BCUT2D eigenvalue weighted by Gasteiger charge is -2.38. The first-order valence-electron chi connectivity index (χ1n) is 11.5. The van der Waals surface area contributed by atoms with Crippen molar-refractivity contribution in [1.29, 1.82) is 0 Å². The van der Waals surface area contributed by atoms with E-state index in [0.717, 1.165) is 33.3 Å². The molecule has 7 nitrogen and oxygen atoms in total. The zero-order chi connectivity index (χ0) is 26.3. The number of hydrogen-bond donors (Lipinski definition) is 1. The van der Waals surface area contributed by atoms with Gasteiger partial charge in [-0.25, -0.2) is 0 Å². The molecule has 37 heavy (non-hydrogen) atoms. The Kier molecular flexibility index (Phi) is 7.25. The maximum Gasteiger partial charge on any atom is 0.273 e. The number of ether oxygens (including phenoxy) is 3. The minimum absolute atomic E-state index is 0.0154. The monoisotopic (exact) mass is 604 g/mol. The van der Waals surface area contributed by atoms with Gasteiger partial charge in [0.15, 0.2) is 11.5 Å². The normalized spacial score (nSPS) is 19.5. The molecule has 1 heterocycles. The van der Waals surface area contributed by atoms with Crippen LogP contribution in [0.2, 0.25) is 10.0 Å². The van der Waals surface area contributed by atoms with E-state index < -0.39 is 0 Å². The van der Waals surface area contributed by atoms with E-state index in [4.69, 9.17) is 37.4 Å². The molecule has 0 bridgehead atoms. The van der Waals surface area contributed by atoms with Crippen molar-refractivity contribution < 1.29 is 19.1 Å². The molecule has 0 spiro atoms. The van der Waals surface area contributed by atoms with Crippen LogP contribution in [0.1, 0.15) is 35.1 Å². The second-order valence-corrected chi connectivity index (χ2v) is 10.6. The van der Waals surface area contributed by atoms with E-state index >= 15 is 0 Å². The van der Waals surface area contributed by atoms with Crippen LogP contribution in [-0.2, 0) is 6.61 Å². The third kappa shape index (κ3) is 4.85. The Morgan fingerprint density at radius 1 is 1.11 bits per heavy atom. The number of benzene rings is 3. The molecular weight excluding hydrogens is 583 g/mol. The quantitative estimate of drug-likeness (QED) is 0.166. The van der Waals surface area contributed by atoms with Crippen molar-refractivity contribution in [1.82, 2.24) is 0 Å². The molecule has 1 aliphatic carbocycles. The highest BCUT2D eigenvalue weighted by Gasteiger charge is 2.40. The molecule has 0 aromatic heterocycles. The molecule has 5 rings (SSSR count). The van der Waals surface area contributed by atoms with Crippen molar-refractivity contribution in [2.45, 2.75) is 25.0 Å². The van der Waals surface area contributed by atoms with Crippen LogP contribution >= 0.6 is 39.1 Å². The van der Waals surface area contributed by atoms with Gasteiger partial charge in [-0.2, -0.15) is 0 Å². The molecule has 1 N–H and O–H groups in total. The lowest BCUT2D eigenvalue weighted by molar-refractivity contribution is -0.385. The molecule has 3 aromatic carbocycles. The molecule has 0 saturated heterocycles. The number of hydrogen-bond acceptors (Lipinski definition) is 6. The van der Waals surface area contributed by atoms with Gasteiger partial charge in [-0.05, 0) is 63.7 Å². The van der Waals surface area contributed by atoms with Crippen molar-refractivity contribution in [2.75, 3.05) is 19.5 Å². The topological polar surface area (TPSA) is 82.9 Å². The summed E-state index contributed by atoms with van der Waals surface area (Å²) in [6.07, 6.45) is 5.09. The number of allylic oxidation sites excluding steroid dienone is 2.